The highest BCUT2D eigenvalue weighted by atomic mass is 32.1. The van der Waals surface area contributed by atoms with E-state index < -0.39 is 0 Å². The summed E-state index contributed by atoms with van der Waals surface area (Å²) in [5.74, 6) is 2.17. The molecule has 1 rings (SSSR count). The maximum absolute atomic E-state index is 11.0. The number of anilines is 1. The predicted molar refractivity (Wildman–Crippen MR) is 44.3 cm³/mol. The number of nitrogens with two attached hydrogens (primary N) is 1. The molecule has 0 spiro atoms. The topological polar surface area (TPSA) is 56.0 Å². The quantitative estimate of drug-likeness (QED) is 0.525. The van der Waals surface area contributed by atoms with Crippen molar-refractivity contribution in [1.82, 2.24) is 4.98 Å². The molecule has 0 saturated heterocycles. The number of ketones is 1. The molecule has 11 heavy (non-hydrogen) atoms. The summed E-state index contributed by atoms with van der Waals surface area (Å²) in [5, 5.41) is 0.394. The first kappa shape index (κ1) is 7.76. The van der Waals surface area contributed by atoms with E-state index in [2.05, 4.69) is 10.9 Å². The van der Waals surface area contributed by atoms with Gasteiger partial charge in [-0.3, -0.25) is 4.79 Å². The zero-order valence-electron chi connectivity index (χ0n) is 5.70. The third-order valence-corrected chi connectivity index (χ3v) is 1.93. The van der Waals surface area contributed by atoms with Crippen LogP contribution in [0.3, 0.4) is 0 Å². The summed E-state index contributed by atoms with van der Waals surface area (Å²) in [6, 6.07) is 0. The van der Waals surface area contributed by atoms with Gasteiger partial charge in [-0.2, -0.15) is 0 Å². The summed E-state index contributed by atoms with van der Waals surface area (Å²) in [5.41, 5.74) is 5.32. The highest BCUT2D eigenvalue weighted by Crippen LogP contribution is 2.15. The van der Waals surface area contributed by atoms with E-state index in [1.807, 2.05) is 0 Å². The van der Waals surface area contributed by atoms with Gasteiger partial charge in [-0.25, -0.2) is 4.98 Å². The lowest BCUT2D eigenvalue weighted by molar-refractivity contribution is 0.100. The first-order chi connectivity index (χ1) is 5.24. The molecule has 0 aromatic carbocycles. The first-order valence-corrected chi connectivity index (χ1v) is 3.73. The fraction of sp³-hybridized carbons (Fsp3) is 0.143. The Morgan fingerprint density at radius 3 is 3.09 bits per heavy atom. The van der Waals surface area contributed by atoms with Crippen molar-refractivity contribution in [3.63, 3.8) is 0 Å². The van der Waals surface area contributed by atoms with Gasteiger partial charge in [-0.15, -0.1) is 6.42 Å². The van der Waals surface area contributed by atoms with Gasteiger partial charge in [0.1, 0.15) is 0 Å². The van der Waals surface area contributed by atoms with Gasteiger partial charge >= 0.3 is 0 Å². The Kier molecular flexibility index (Phi) is 2.24. The summed E-state index contributed by atoms with van der Waals surface area (Å²) in [6.45, 7) is 0. The molecule has 0 amide bonds. The van der Waals surface area contributed by atoms with Gasteiger partial charge in [0.15, 0.2) is 10.9 Å². The van der Waals surface area contributed by atoms with Gasteiger partial charge in [-0.05, 0) is 0 Å². The average Bonchev–Trinajstić information content (AvgIpc) is 2.36. The van der Waals surface area contributed by atoms with Crippen LogP contribution in [-0.4, -0.2) is 10.8 Å². The van der Waals surface area contributed by atoms with Crippen molar-refractivity contribution in [3.8, 4) is 12.3 Å². The van der Waals surface area contributed by atoms with E-state index in [1.165, 1.54) is 6.20 Å². The highest BCUT2D eigenvalue weighted by Gasteiger charge is 2.06. The van der Waals surface area contributed by atoms with Gasteiger partial charge in [0.2, 0.25) is 0 Å². The van der Waals surface area contributed by atoms with Crippen LogP contribution in [0.15, 0.2) is 6.20 Å². The van der Waals surface area contributed by atoms with Gasteiger partial charge < -0.3 is 5.73 Å². The Morgan fingerprint density at radius 1 is 1.91 bits per heavy atom. The number of nitrogen functional groups attached to an aromatic ring is 1. The number of terminal acetylenes is 1. The molecule has 0 atom stereocenters. The van der Waals surface area contributed by atoms with E-state index in [0.717, 1.165) is 11.3 Å². The minimum Gasteiger partial charge on any atom is -0.375 e. The van der Waals surface area contributed by atoms with Crippen LogP contribution >= 0.6 is 11.3 Å². The van der Waals surface area contributed by atoms with E-state index >= 15 is 0 Å². The Morgan fingerprint density at radius 2 is 2.64 bits per heavy atom. The van der Waals surface area contributed by atoms with Crippen molar-refractivity contribution < 1.29 is 4.79 Å². The number of Topliss-reactive ketones (excluding diaryl/α,β-unsaturated/α-hetero) is 1. The lowest BCUT2D eigenvalue weighted by atomic mass is 10.3. The lowest BCUT2D eigenvalue weighted by Crippen LogP contribution is -1.92. The third kappa shape index (κ3) is 1.79. The normalized spacial score (nSPS) is 9.00. The first-order valence-electron chi connectivity index (χ1n) is 2.92. The molecular formula is C7H6N2OS. The van der Waals surface area contributed by atoms with E-state index in [9.17, 15) is 4.79 Å². The predicted octanol–water partition coefficient (Wildman–Crippen LogP) is 0.931. The molecular weight excluding hydrogens is 160 g/mol. The summed E-state index contributed by atoms with van der Waals surface area (Å²) >= 11 is 1.16. The summed E-state index contributed by atoms with van der Waals surface area (Å²) in [4.78, 5) is 15.3. The van der Waals surface area contributed by atoms with Crippen LogP contribution in [-0.2, 0) is 0 Å². The van der Waals surface area contributed by atoms with E-state index in [4.69, 9.17) is 12.2 Å². The number of carbonyl (C=O) groups is 1. The summed E-state index contributed by atoms with van der Waals surface area (Å²) in [7, 11) is 0. The Bertz CT molecular complexity index is 310. The van der Waals surface area contributed by atoms with Crippen LogP contribution < -0.4 is 5.73 Å². The largest absolute Gasteiger partial charge is 0.375 e. The Hall–Kier alpha value is -1.34. The minimum atomic E-state index is -0.0956. The molecule has 0 saturated carbocycles. The second-order valence-electron chi connectivity index (χ2n) is 1.87. The van der Waals surface area contributed by atoms with Crippen LogP contribution in [0.1, 0.15) is 16.1 Å². The van der Waals surface area contributed by atoms with Crippen molar-refractivity contribution in [3.05, 3.63) is 11.1 Å². The molecule has 0 radical (unpaired) electrons. The Balaban J connectivity index is 2.78. The maximum Gasteiger partial charge on any atom is 0.186 e. The fourth-order valence-corrected chi connectivity index (χ4v) is 1.22. The van der Waals surface area contributed by atoms with E-state index in [0.29, 0.717) is 10.0 Å². The van der Waals surface area contributed by atoms with Gasteiger partial charge in [0, 0.05) is 0 Å². The molecule has 0 aliphatic carbocycles. The molecule has 1 aromatic rings. The van der Waals surface area contributed by atoms with Gasteiger partial charge in [0.25, 0.3) is 0 Å². The third-order valence-electron chi connectivity index (χ3n) is 1.06. The van der Waals surface area contributed by atoms with Crippen molar-refractivity contribution in [2.45, 2.75) is 6.42 Å². The molecule has 0 bridgehead atoms. The SMILES string of the molecule is C#CCC(=O)c1cnc(N)s1. The monoisotopic (exact) mass is 166 g/mol. The molecule has 1 aromatic heterocycles. The fourth-order valence-electron chi connectivity index (χ4n) is 0.596. The van der Waals surface area contributed by atoms with E-state index in [-0.39, 0.29) is 12.2 Å². The van der Waals surface area contributed by atoms with Crippen molar-refractivity contribution in [2.75, 3.05) is 5.73 Å². The number of hydrogen-bond donors (Lipinski definition) is 1. The maximum atomic E-state index is 11.0. The number of hydrogen-bond acceptors (Lipinski definition) is 4. The molecule has 0 fully saturated rings. The molecule has 0 aliphatic heterocycles. The molecule has 2 N–H and O–H groups in total. The molecule has 4 heteroatoms. The van der Waals surface area contributed by atoms with Crippen LogP contribution in [0.5, 0.6) is 0 Å². The number of aromatic nitrogens is 1. The van der Waals surface area contributed by atoms with Crippen LogP contribution in [0.2, 0.25) is 0 Å². The zero-order chi connectivity index (χ0) is 8.27. The lowest BCUT2D eigenvalue weighted by Gasteiger charge is -1.85. The Labute approximate surface area is 68.3 Å². The molecule has 1 heterocycles. The van der Waals surface area contributed by atoms with E-state index in [1.54, 1.807) is 0 Å². The van der Waals surface area contributed by atoms with Crippen molar-refractivity contribution in [1.29, 1.82) is 0 Å². The second kappa shape index (κ2) is 3.17. The number of rotatable bonds is 2. The van der Waals surface area contributed by atoms with Crippen molar-refractivity contribution in [2.24, 2.45) is 0 Å². The van der Waals surface area contributed by atoms with Crippen molar-refractivity contribution >= 4 is 22.3 Å². The highest BCUT2D eigenvalue weighted by molar-refractivity contribution is 7.17. The van der Waals surface area contributed by atoms with Gasteiger partial charge in [0.05, 0.1) is 17.5 Å². The van der Waals surface area contributed by atoms with Crippen LogP contribution in [0.4, 0.5) is 5.13 Å². The molecule has 0 aliphatic rings. The standard InChI is InChI=1S/C7H6N2OS/c1-2-3-5(10)6-4-9-7(8)11-6/h1,4H,3H2,(H2,8,9). The minimum absolute atomic E-state index is 0.0956. The van der Waals surface area contributed by atoms with Crippen LogP contribution in [0, 0.1) is 12.3 Å². The smallest absolute Gasteiger partial charge is 0.186 e. The summed E-state index contributed by atoms with van der Waals surface area (Å²) < 4.78 is 0. The molecule has 56 valence electrons. The molecule has 3 nitrogen and oxygen atoms in total. The number of nitrogens with zero attached hydrogens (tertiary/aromatic N) is 1. The number of carbonyl (C=O) groups excluding carboxylic acids is 1. The van der Waals surface area contributed by atoms with Gasteiger partial charge in [-0.1, -0.05) is 17.3 Å². The number of thiazole rings is 1. The zero-order valence-corrected chi connectivity index (χ0v) is 6.52. The molecule has 0 unspecified atom stereocenters. The van der Waals surface area contributed by atoms with Crippen LogP contribution in [0.25, 0.3) is 0 Å². The average molecular weight is 166 g/mol. The second-order valence-corrected chi connectivity index (χ2v) is 2.93. The summed E-state index contributed by atoms with van der Waals surface area (Å²) in [6.07, 6.45) is 6.51.